The Kier molecular flexibility index (Phi) is 5.86. The van der Waals surface area contributed by atoms with E-state index in [9.17, 15) is 12.8 Å². The molecule has 0 aromatic heterocycles. The molecule has 27 heavy (non-hydrogen) atoms. The molecule has 8 heteroatoms. The molecule has 0 bridgehead atoms. The van der Waals surface area contributed by atoms with Crippen LogP contribution in [0.5, 0.6) is 11.5 Å². The van der Waals surface area contributed by atoms with Crippen LogP contribution >= 0.6 is 0 Å². The third-order valence-corrected chi connectivity index (χ3v) is 6.16. The van der Waals surface area contributed by atoms with Crippen molar-refractivity contribution in [3.05, 3.63) is 48.3 Å². The van der Waals surface area contributed by atoms with Gasteiger partial charge >= 0.3 is 0 Å². The average molecular weight is 394 g/mol. The van der Waals surface area contributed by atoms with Crippen LogP contribution in [0.4, 0.5) is 10.1 Å². The van der Waals surface area contributed by atoms with Crippen molar-refractivity contribution in [3.63, 3.8) is 0 Å². The fourth-order valence-electron chi connectivity index (χ4n) is 3.19. The lowest BCUT2D eigenvalue weighted by Gasteiger charge is -2.19. The maximum atomic E-state index is 13.1. The number of anilines is 1. The number of rotatable bonds is 7. The molecule has 1 unspecified atom stereocenters. The highest BCUT2D eigenvalue weighted by atomic mass is 32.2. The first kappa shape index (κ1) is 19.4. The van der Waals surface area contributed by atoms with Crippen LogP contribution in [0.25, 0.3) is 0 Å². The monoisotopic (exact) mass is 394 g/mol. The van der Waals surface area contributed by atoms with Gasteiger partial charge in [-0.25, -0.2) is 17.5 Å². The molecule has 6 nitrogen and oxygen atoms in total. The van der Waals surface area contributed by atoms with E-state index in [2.05, 4.69) is 9.62 Å². The molecule has 2 aromatic carbocycles. The van der Waals surface area contributed by atoms with Gasteiger partial charge in [0.1, 0.15) is 22.2 Å². The molecule has 1 aliphatic rings. The summed E-state index contributed by atoms with van der Waals surface area (Å²) in [6.07, 6.45) is 0.861. The molecule has 0 aliphatic carbocycles. The molecular formula is C19H23FN2O4S. The maximum Gasteiger partial charge on any atom is 0.244 e. The van der Waals surface area contributed by atoms with E-state index in [1.54, 1.807) is 24.3 Å². The van der Waals surface area contributed by atoms with Crippen molar-refractivity contribution in [2.24, 2.45) is 5.92 Å². The third-order valence-electron chi connectivity index (χ3n) is 4.70. The first-order valence-electron chi connectivity index (χ1n) is 8.65. The summed E-state index contributed by atoms with van der Waals surface area (Å²) in [7, 11) is -0.772. The number of halogens is 1. The Morgan fingerprint density at radius 1 is 1.15 bits per heavy atom. The van der Waals surface area contributed by atoms with E-state index in [0.717, 1.165) is 18.7 Å². The van der Waals surface area contributed by atoms with Crippen LogP contribution in [-0.4, -0.2) is 42.3 Å². The Balaban J connectivity index is 1.63. The Morgan fingerprint density at radius 2 is 1.89 bits per heavy atom. The number of hydrogen-bond donors (Lipinski definition) is 1. The van der Waals surface area contributed by atoms with E-state index >= 15 is 0 Å². The summed E-state index contributed by atoms with van der Waals surface area (Å²) in [6, 6.07) is 10.9. The van der Waals surface area contributed by atoms with Crippen LogP contribution < -0.4 is 19.1 Å². The molecule has 0 radical (unpaired) electrons. The molecule has 2 aromatic rings. The van der Waals surface area contributed by atoms with E-state index in [4.69, 9.17) is 9.47 Å². The minimum Gasteiger partial charge on any atom is -0.497 e. The van der Waals surface area contributed by atoms with Gasteiger partial charge in [0.15, 0.2) is 0 Å². The molecule has 146 valence electrons. The van der Waals surface area contributed by atoms with E-state index in [-0.39, 0.29) is 22.4 Å². The largest absolute Gasteiger partial charge is 0.497 e. The van der Waals surface area contributed by atoms with Gasteiger partial charge in [-0.2, -0.15) is 0 Å². The van der Waals surface area contributed by atoms with Crippen LogP contribution in [0, 0.1) is 11.7 Å². The molecule has 1 fully saturated rings. The lowest BCUT2D eigenvalue weighted by Crippen LogP contribution is -2.31. The fourth-order valence-corrected chi connectivity index (χ4v) is 4.45. The number of nitrogens with one attached hydrogen (secondary N) is 1. The summed E-state index contributed by atoms with van der Waals surface area (Å²) >= 11 is 0. The number of benzene rings is 2. The van der Waals surface area contributed by atoms with Crippen LogP contribution in [-0.2, 0) is 10.0 Å². The smallest absolute Gasteiger partial charge is 0.244 e. The highest BCUT2D eigenvalue weighted by Crippen LogP contribution is 2.29. The van der Waals surface area contributed by atoms with Crippen molar-refractivity contribution in [2.75, 3.05) is 38.8 Å². The third kappa shape index (κ3) is 4.51. The van der Waals surface area contributed by atoms with E-state index in [1.165, 1.54) is 32.4 Å². The zero-order valence-electron chi connectivity index (χ0n) is 15.3. The van der Waals surface area contributed by atoms with Crippen molar-refractivity contribution in [3.8, 4) is 11.5 Å². The van der Waals surface area contributed by atoms with Crippen molar-refractivity contribution in [1.82, 2.24) is 4.72 Å². The Labute approximate surface area is 159 Å². The SMILES string of the molecule is COc1ccc(S(=O)(=O)NCC2CCN(c3ccc(F)cc3)C2)c(OC)c1. The molecule has 3 rings (SSSR count). The zero-order chi connectivity index (χ0) is 19.4. The van der Waals surface area contributed by atoms with Gasteiger partial charge in [-0.1, -0.05) is 0 Å². The van der Waals surface area contributed by atoms with E-state index in [1.807, 2.05) is 0 Å². The standard InChI is InChI=1S/C19H23FN2O4S/c1-25-17-7-8-19(18(11-17)26-2)27(23,24)21-12-14-9-10-22(13-14)16-5-3-15(20)4-6-16/h3-8,11,14,21H,9-10,12-13H2,1-2H3. The number of hydrogen-bond acceptors (Lipinski definition) is 5. The highest BCUT2D eigenvalue weighted by molar-refractivity contribution is 7.89. The average Bonchev–Trinajstić information content (AvgIpc) is 3.15. The summed E-state index contributed by atoms with van der Waals surface area (Å²) < 4.78 is 51.4. The first-order chi connectivity index (χ1) is 12.9. The van der Waals surface area contributed by atoms with Gasteiger partial charge in [0.2, 0.25) is 10.0 Å². The number of ether oxygens (including phenoxy) is 2. The predicted molar refractivity (Wildman–Crippen MR) is 101 cm³/mol. The molecule has 1 saturated heterocycles. The van der Waals surface area contributed by atoms with Gasteiger partial charge in [-0.3, -0.25) is 0 Å². The molecule has 0 saturated carbocycles. The summed E-state index contributed by atoms with van der Waals surface area (Å²) in [6.45, 7) is 1.85. The summed E-state index contributed by atoms with van der Waals surface area (Å²) in [5.74, 6) is 0.669. The van der Waals surface area contributed by atoms with Crippen LogP contribution in [0.2, 0.25) is 0 Å². The van der Waals surface area contributed by atoms with Gasteiger partial charge in [-0.05, 0) is 48.7 Å². The number of methoxy groups -OCH3 is 2. The first-order valence-corrected chi connectivity index (χ1v) is 10.1. The fraction of sp³-hybridized carbons (Fsp3) is 0.368. The molecule has 1 atom stereocenters. The molecule has 1 aliphatic heterocycles. The van der Waals surface area contributed by atoms with E-state index in [0.29, 0.717) is 18.8 Å². The minimum atomic E-state index is -3.70. The topological polar surface area (TPSA) is 67.9 Å². The quantitative estimate of drug-likeness (QED) is 0.782. The number of nitrogens with zero attached hydrogens (tertiary/aromatic N) is 1. The molecular weight excluding hydrogens is 371 g/mol. The molecule has 0 spiro atoms. The summed E-state index contributed by atoms with van der Waals surface area (Å²) in [4.78, 5) is 2.21. The maximum absolute atomic E-state index is 13.1. The second kappa shape index (κ2) is 8.14. The van der Waals surface area contributed by atoms with Gasteiger partial charge in [0, 0.05) is 31.4 Å². The van der Waals surface area contributed by atoms with E-state index < -0.39 is 10.0 Å². The number of sulfonamides is 1. The minimum absolute atomic E-state index is 0.0826. The summed E-state index contributed by atoms with van der Waals surface area (Å²) in [5, 5.41) is 0. The second-order valence-electron chi connectivity index (χ2n) is 6.45. The Bertz CT molecular complexity index is 887. The summed E-state index contributed by atoms with van der Waals surface area (Å²) in [5.41, 5.74) is 0.943. The van der Waals surface area contributed by atoms with Gasteiger partial charge in [-0.15, -0.1) is 0 Å². The lowest BCUT2D eigenvalue weighted by molar-refractivity contribution is 0.385. The normalized spacial score (nSPS) is 17.1. The Morgan fingerprint density at radius 3 is 2.56 bits per heavy atom. The van der Waals surface area contributed by atoms with Gasteiger partial charge in [0.25, 0.3) is 0 Å². The van der Waals surface area contributed by atoms with Crippen molar-refractivity contribution >= 4 is 15.7 Å². The van der Waals surface area contributed by atoms with Crippen LogP contribution in [0.15, 0.2) is 47.4 Å². The lowest BCUT2D eigenvalue weighted by atomic mass is 10.1. The van der Waals surface area contributed by atoms with Gasteiger partial charge < -0.3 is 14.4 Å². The Hall–Kier alpha value is -2.32. The van der Waals surface area contributed by atoms with Crippen LogP contribution in [0.1, 0.15) is 6.42 Å². The second-order valence-corrected chi connectivity index (χ2v) is 8.18. The van der Waals surface area contributed by atoms with Crippen molar-refractivity contribution in [2.45, 2.75) is 11.3 Å². The predicted octanol–water partition coefficient (Wildman–Crippen LogP) is 2.65. The van der Waals surface area contributed by atoms with Crippen molar-refractivity contribution < 1.29 is 22.3 Å². The zero-order valence-corrected chi connectivity index (χ0v) is 16.1. The highest BCUT2D eigenvalue weighted by Gasteiger charge is 2.26. The van der Waals surface area contributed by atoms with Gasteiger partial charge in [0.05, 0.1) is 14.2 Å². The van der Waals surface area contributed by atoms with Crippen molar-refractivity contribution in [1.29, 1.82) is 0 Å². The molecule has 1 heterocycles. The van der Waals surface area contributed by atoms with Crippen LogP contribution in [0.3, 0.4) is 0 Å². The molecule has 0 amide bonds. The molecule has 1 N–H and O–H groups in total.